The van der Waals surface area contributed by atoms with Crippen LogP contribution in [0.1, 0.15) is 38.4 Å². The minimum Gasteiger partial charge on any atom is -0.340 e. The van der Waals surface area contributed by atoms with E-state index in [9.17, 15) is 9.59 Å². The van der Waals surface area contributed by atoms with Gasteiger partial charge in [0, 0.05) is 11.1 Å². The second-order valence-electron chi connectivity index (χ2n) is 5.91. The van der Waals surface area contributed by atoms with Crippen LogP contribution in [0.25, 0.3) is 0 Å². The third-order valence-corrected chi connectivity index (χ3v) is 4.35. The third kappa shape index (κ3) is 2.36. The molecule has 1 aliphatic rings. The second-order valence-corrected chi connectivity index (χ2v) is 6.85. The van der Waals surface area contributed by atoms with Crippen LogP contribution in [0.2, 0.25) is 0 Å². The highest BCUT2D eigenvalue weighted by atomic mass is 32.1. The zero-order chi connectivity index (χ0) is 14.4. The van der Waals surface area contributed by atoms with Gasteiger partial charge in [-0.2, -0.15) is 0 Å². The van der Waals surface area contributed by atoms with E-state index in [0.29, 0.717) is 6.54 Å². The third-order valence-electron chi connectivity index (χ3n) is 3.40. The van der Waals surface area contributed by atoms with E-state index in [1.807, 2.05) is 12.3 Å². The Morgan fingerprint density at radius 1 is 1.32 bits per heavy atom. The number of hydrogen-bond acceptors (Lipinski definition) is 4. The molecule has 0 saturated carbocycles. The van der Waals surface area contributed by atoms with Crippen LogP contribution in [-0.2, 0) is 16.1 Å². The molecule has 1 aromatic rings. The molecule has 1 aromatic heterocycles. The summed E-state index contributed by atoms with van der Waals surface area (Å²) >= 11 is 1.51. The van der Waals surface area contributed by atoms with Crippen LogP contribution in [0.3, 0.4) is 0 Å². The van der Waals surface area contributed by atoms with Crippen molar-refractivity contribution in [3.8, 4) is 0 Å². The van der Waals surface area contributed by atoms with Crippen molar-refractivity contribution in [3.63, 3.8) is 0 Å². The van der Waals surface area contributed by atoms with Crippen molar-refractivity contribution in [2.75, 3.05) is 0 Å². The van der Waals surface area contributed by atoms with E-state index in [0.717, 1.165) is 10.7 Å². The van der Waals surface area contributed by atoms with E-state index in [2.05, 4.69) is 10.3 Å². The van der Waals surface area contributed by atoms with Crippen LogP contribution in [0, 0.1) is 6.92 Å². The molecule has 1 N–H and O–H groups in total. The van der Waals surface area contributed by atoms with E-state index in [1.165, 1.54) is 11.3 Å². The van der Waals surface area contributed by atoms with Gasteiger partial charge in [-0.3, -0.25) is 9.59 Å². The molecule has 2 rings (SSSR count). The lowest BCUT2D eigenvalue weighted by molar-refractivity contribution is -0.160. The molecule has 6 heteroatoms. The first-order valence-corrected chi connectivity index (χ1v) is 7.08. The Bertz CT molecular complexity index is 534. The van der Waals surface area contributed by atoms with E-state index >= 15 is 0 Å². The number of nitrogens with one attached hydrogen (secondary N) is 1. The van der Waals surface area contributed by atoms with Crippen molar-refractivity contribution in [2.24, 2.45) is 0 Å². The lowest BCUT2D eigenvalue weighted by Gasteiger charge is -2.47. The number of amides is 2. The van der Waals surface area contributed by atoms with Gasteiger partial charge in [-0.25, -0.2) is 4.98 Å². The maximum atomic E-state index is 12.5. The number of aromatic nitrogens is 1. The molecule has 0 atom stereocenters. The molecule has 1 saturated heterocycles. The van der Waals surface area contributed by atoms with Crippen molar-refractivity contribution in [2.45, 2.75) is 52.2 Å². The predicted octanol–water partition coefficient (Wildman–Crippen LogP) is 1.47. The van der Waals surface area contributed by atoms with E-state index < -0.39 is 11.1 Å². The van der Waals surface area contributed by atoms with Gasteiger partial charge in [0.1, 0.15) is 16.1 Å². The maximum Gasteiger partial charge on any atom is 0.249 e. The van der Waals surface area contributed by atoms with Crippen LogP contribution in [0.5, 0.6) is 0 Å². The van der Waals surface area contributed by atoms with E-state index in [4.69, 9.17) is 0 Å². The smallest absolute Gasteiger partial charge is 0.249 e. The zero-order valence-electron chi connectivity index (χ0n) is 11.9. The van der Waals surface area contributed by atoms with Gasteiger partial charge in [0.05, 0.1) is 6.54 Å². The van der Waals surface area contributed by atoms with Gasteiger partial charge in [-0.15, -0.1) is 11.3 Å². The van der Waals surface area contributed by atoms with Crippen molar-refractivity contribution >= 4 is 23.2 Å². The first-order valence-electron chi connectivity index (χ1n) is 6.20. The summed E-state index contributed by atoms with van der Waals surface area (Å²) in [6.45, 7) is 9.26. The number of rotatable bonds is 2. The molecule has 0 unspecified atom stereocenters. The highest BCUT2D eigenvalue weighted by Gasteiger charge is 2.50. The molecule has 0 bridgehead atoms. The molecular weight excluding hydrogens is 262 g/mol. The van der Waals surface area contributed by atoms with Crippen LogP contribution in [0.15, 0.2) is 5.38 Å². The number of thiazole rings is 1. The van der Waals surface area contributed by atoms with Gasteiger partial charge < -0.3 is 10.2 Å². The van der Waals surface area contributed by atoms with Crippen molar-refractivity contribution in [1.82, 2.24) is 15.2 Å². The average Bonchev–Trinajstić information content (AvgIpc) is 2.68. The van der Waals surface area contributed by atoms with Crippen LogP contribution < -0.4 is 5.32 Å². The fraction of sp³-hybridized carbons (Fsp3) is 0.615. The Kier molecular flexibility index (Phi) is 3.16. The quantitative estimate of drug-likeness (QED) is 0.893. The first-order chi connectivity index (χ1) is 8.64. The van der Waals surface area contributed by atoms with E-state index in [1.54, 1.807) is 32.6 Å². The first kappa shape index (κ1) is 14.0. The number of nitrogens with zero attached hydrogens (tertiary/aromatic N) is 2. The minimum absolute atomic E-state index is 0.0787. The standard InChI is InChI=1S/C13H19N3O2S/c1-8-7-19-9(14-8)6-16-11(18)12(2,3)15-10(17)13(16,4)5/h7H,6H2,1-5H3,(H,15,17). The molecule has 5 nitrogen and oxygen atoms in total. The summed E-state index contributed by atoms with van der Waals surface area (Å²) in [7, 11) is 0. The monoisotopic (exact) mass is 281 g/mol. The Labute approximate surface area is 117 Å². The molecular formula is C13H19N3O2S. The number of hydrogen-bond donors (Lipinski definition) is 1. The van der Waals surface area contributed by atoms with Gasteiger partial charge in [0.15, 0.2) is 0 Å². The Balaban J connectivity index is 2.33. The second kappa shape index (κ2) is 4.30. The molecule has 0 aromatic carbocycles. The molecule has 1 fully saturated rings. The Hall–Kier alpha value is -1.43. The summed E-state index contributed by atoms with van der Waals surface area (Å²) in [5, 5.41) is 5.57. The van der Waals surface area contributed by atoms with Crippen LogP contribution in [0.4, 0.5) is 0 Å². The minimum atomic E-state index is -0.862. The average molecular weight is 281 g/mol. The maximum absolute atomic E-state index is 12.5. The number of carbonyl (C=O) groups excluding carboxylic acids is 2. The van der Waals surface area contributed by atoms with Gasteiger partial charge in [-0.1, -0.05) is 0 Å². The topological polar surface area (TPSA) is 62.3 Å². The van der Waals surface area contributed by atoms with Gasteiger partial charge in [0.25, 0.3) is 0 Å². The van der Waals surface area contributed by atoms with Crippen LogP contribution in [-0.4, -0.2) is 32.8 Å². The molecule has 2 amide bonds. The summed E-state index contributed by atoms with van der Waals surface area (Å²) in [6.07, 6.45) is 0. The Morgan fingerprint density at radius 2 is 1.95 bits per heavy atom. The SMILES string of the molecule is Cc1csc(CN2C(=O)C(C)(C)NC(=O)C2(C)C)n1. The molecule has 2 heterocycles. The zero-order valence-corrected chi connectivity index (χ0v) is 12.7. The van der Waals surface area contributed by atoms with Crippen molar-refractivity contribution in [3.05, 3.63) is 16.1 Å². The summed E-state index contributed by atoms with van der Waals surface area (Å²) in [5.74, 6) is -0.213. The fourth-order valence-corrected chi connectivity index (χ4v) is 2.84. The number of carbonyl (C=O) groups is 2. The number of aryl methyl sites for hydroxylation is 1. The predicted molar refractivity (Wildman–Crippen MR) is 73.7 cm³/mol. The summed E-state index contributed by atoms with van der Waals surface area (Å²) < 4.78 is 0. The largest absolute Gasteiger partial charge is 0.340 e. The highest BCUT2D eigenvalue weighted by molar-refractivity contribution is 7.09. The fourth-order valence-electron chi connectivity index (χ4n) is 2.08. The van der Waals surface area contributed by atoms with Crippen LogP contribution >= 0.6 is 11.3 Å². The lowest BCUT2D eigenvalue weighted by atomic mass is 9.90. The van der Waals surface area contributed by atoms with E-state index in [-0.39, 0.29) is 11.8 Å². The summed E-state index contributed by atoms with van der Waals surface area (Å²) in [4.78, 5) is 30.7. The molecule has 104 valence electrons. The lowest BCUT2D eigenvalue weighted by Crippen LogP contribution is -2.71. The molecule has 0 aliphatic carbocycles. The molecule has 0 radical (unpaired) electrons. The number of piperazine rings is 1. The summed E-state index contributed by atoms with van der Waals surface area (Å²) in [6, 6.07) is 0. The summed E-state index contributed by atoms with van der Waals surface area (Å²) in [5.41, 5.74) is -0.781. The Morgan fingerprint density at radius 3 is 2.47 bits per heavy atom. The normalized spacial score (nSPS) is 21.4. The highest BCUT2D eigenvalue weighted by Crippen LogP contribution is 2.28. The van der Waals surface area contributed by atoms with Gasteiger partial charge >= 0.3 is 0 Å². The van der Waals surface area contributed by atoms with Gasteiger partial charge in [0.2, 0.25) is 11.8 Å². The molecule has 1 aliphatic heterocycles. The van der Waals surface area contributed by atoms with Crippen molar-refractivity contribution in [1.29, 1.82) is 0 Å². The van der Waals surface area contributed by atoms with Gasteiger partial charge in [-0.05, 0) is 34.6 Å². The molecule has 0 spiro atoms. The molecule has 19 heavy (non-hydrogen) atoms. The van der Waals surface area contributed by atoms with Crippen molar-refractivity contribution < 1.29 is 9.59 Å².